The lowest BCUT2D eigenvalue weighted by Gasteiger charge is -2.09. The SMILES string of the molecule is Cc1cc(C)cc(OCC(=O)NNC(=O)Cc2csc(C)n2)c1. The lowest BCUT2D eigenvalue weighted by Crippen LogP contribution is -2.44. The third-order valence-corrected chi connectivity index (χ3v) is 3.74. The molecule has 1 heterocycles. The van der Waals surface area contributed by atoms with E-state index in [4.69, 9.17) is 4.74 Å². The van der Waals surface area contributed by atoms with Crippen molar-refractivity contribution in [3.05, 3.63) is 45.4 Å². The summed E-state index contributed by atoms with van der Waals surface area (Å²) in [6, 6.07) is 5.72. The van der Waals surface area contributed by atoms with Gasteiger partial charge in [-0.15, -0.1) is 11.3 Å². The standard InChI is InChI=1S/C16H19N3O3S/c1-10-4-11(2)6-14(5-10)22-8-16(21)19-18-15(20)7-13-9-23-12(3)17-13/h4-6,9H,7-8H2,1-3H3,(H,18,20)(H,19,21). The molecule has 2 amide bonds. The van der Waals surface area contributed by atoms with Crippen LogP contribution in [0, 0.1) is 20.8 Å². The molecule has 0 unspecified atom stereocenters. The highest BCUT2D eigenvalue weighted by molar-refractivity contribution is 7.09. The van der Waals surface area contributed by atoms with Crippen LogP contribution >= 0.6 is 11.3 Å². The summed E-state index contributed by atoms with van der Waals surface area (Å²) >= 11 is 1.48. The number of amides is 2. The van der Waals surface area contributed by atoms with Crippen LogP contribution in [-0.4, -0.2) is 23.4 Å². The van der Waals surface area contributed by atoms with Crippen molar-refractivity contribution in [2.45, 2.75) is 27.2 Å². The number of rotatable bonds is 5. The number of hydrogen-bond donors (Lipinski definition) is 2. The Morgan fingerprint density at radius 1 is 1.09 bits per heavy atom. The summed E-state index contributed by atoms with van der Waals surface area (Å²) in [4.78, 5) is 27.6. The number of hydrazine groups is 1. The lowest BCUT2D eigenvalue weighted by molar-refractivity contribution is -0.129. The number of hydrogen-bond acceptors (Lipinski definition) is 5. The quantitative estimate of drug-likeness (QED) is 0.818. The van der Waals surface area contributed by atoms with E-state index in [9.17, 15) is 9.59 Å². The van der Waals surface area contributed by atoms with Crippen LogP contribution in [0.2, 0.25) is 0 Å². The van der Waals surface area contributed by atoms with Gasteiger partial charge in [0.2, 0.25) is 5.91 Å². The van der Waals surface area contributed by atoms with Crippen molar-refractivity contribution in [1.29, 1.82) is 0 Å². The van der Waals surface area contributed by atoms with Crippen molar-refractivity contribution in [1.82, 2.24) is 15.8 Å². The van der Waals surface area contributed by atoms with Gasteiger partial charge in [-0.2, -0.15) is 0 Å². The zero-order chi connectivity index (χ0) is 16.8. The molecule has 0 atom stereocenters. The first-order chi connectivity index (χ1) is 10.9. The van der Waals surface area contributed by atoms with Crippen LogP contribution in [0.1, 0.15) is 21.8 Å². The van der Waals surface area contributed by atoms with Crippen molar-refractivity contribution < 1.29 is 14.3 Å². The Balaban J connectivity index is 1.73. The molecular formula is C16H19N3O3S. The average Bonchev–Trinajstić information content (AvgIpc) is 2.87. The topological polar surface area (TPSA) is 80.3 Å². The highest BCUT2D eigenvalue weighted by Gasteiger charge is 2.08. The molecule has 0 saturated heterocycles. The number of aryl methyl sites for hydroxylation is 3. The smallest absolute Gasteiger partial charge is 0.276 e. The molecule has 0 aliphatic carbocycles. The molecule has 0 aliphatic heterocycles. The molecule has 2 N–H and O–H groups in total. The fourth-order valence-corrected chi connectivity index (χ4v) is 2.65. The van der Waals surface area contributed by atoms with E-state index in [0.717, 1.165) is 16.1 Å². The predicted molar refractivity (Wildman–Crippen MR) is 88.3 cm³/mol. The second-order valence-corrected chi connectivity index (χ2v) is 6.31. The first-order valence-electron chi connectivity index (χ1n) is 7.12. The van der Waals surface area contributed by atoms with Crippen molar-refractivity contribution >= 4 is 23.2 Å². The van der Waals surface area contributed by atoms with Crippen LogP contribution in [0.25, 0.3) is 0 Å². The Hall–Kier alpha value is -2.41. The Morgan fingerprint density at radius 3 is 2.35 bits per heavy atom. The van der Waals surface area contributed by atoms with Gasteiger partial charge in [0.25, 0.3) is 5.91 Å². The molecule has 1 aromatic carbocycles. The van der Waals surface area contributed by atoms with Crippen LogP contribution in [0.5, 0.6) is 5.75 Å². The van der Waals surface area contributed by atoms with Crippen LogP contribution in [0.15, 0.2) is 23.6 Å². The maximum Gasteiger partial charge on any atom is 0.276 e. The number of ether oxygens (including phenoxy) is 1. The van der Waals surface area contributed by atoms with E-state index in [1.807, 2.05) is 44.4 Å². The Bertz CT molecular complexity index is 692. The third-order valence-electron chi connectivity index (χ3n) is 2.91. The summed E-state index contributed by atoms with van der Waals surface area (Å²) in [7, 11) is 0. The molecule has 122 valence electrons. The summed E-state index contributed by atoms with van der Waals surface area (Å²) in [6.45, 7) is 5.62. The van der Waals surface area contributed by atoms with Gasteiger partial charge >= 0.3 is 0 Å². The predicted octanol–water partition coefficient (Wildman–Crippen LogP) is 1.84. The summed E-state index contributed by atoms with van der Waals surface area (Å²) < 4.78 is 5.41. The molecule has 0 aliphatic rings. The minimum atomic E-state index is -0.424. The first-order valence-corrected chi connectivity index (χ1v) is 8.00. The first kappa shape index (κ1) is 17.0. The maximum atomic E-state index is 11.7. The monoisotopic (exact) mass is 333 g/mol. The van der Waals surface area contributed by atoms with Gasteiger partial charge in [0.05, 0.1) is 17.1 Å². The molecule has 0 radical (unpaired) electrons. The summed E-state index contributed by atoms with van der Waals surface area (Å²) in [5, 5.41) is 2.72. The second kappa shape index (κ2) is 7.73. The number of thiazole rings is 1. The molecule has 23 heavy (non-hydrogen) atoms. The molecule has 2 aromatic rings. The zero-order valence-corrected chi connectivity index (χ0v) is 14.1. The van der Waals surface area contributed by atoms with Crippen molar-refractivity contribution in [3.8, 4) is 5.75 Å². The zero-order valence-electron chi connectivity index (χ0n) is 13.3. The number of benzene rings is 1. The Morgan fingerprint density at radius 2 is 1.74 bits per heavy atom. The minimum Gasteiger partial charge on any atom is -0.484 e. The van der Waals surface area contributed by atoms with E-state index in [-0.39, 0.29) is 18.9 Å². The van der Waals surface area contributed by atoms with Gasteiger partial charge in [0.15, 0.2) is 6.61 Å². The fraction of sp³-hybridized carbons (Fsp3) is 0.312. The highest BCUT2D eigenvalue weighted by Crippen LogP contribution is 2.15. The van der Waals surface area contributed by atoms with Gasteiger partial charge in [0, 0.05) is 5.38 Å². The van der Waals surface area contributed by atoms with Gasteiger partial charge in [-0.1, -0.05) is 6.07 Å². The molecule has 2 rings (SSSR count). The van der Waals surface area contributed by atoms with Crippen LogP contribution in [0.4, 0.5) is 0 Å². The molecule has 0 spiro atoms. The Kier molecular flexibility index (Phi) is 5.70. The molecule has 7 heteroatoms. The summed E-state index contributed by atoms with van der Waals surface area (Å²) in [6.07, 6.45) is 0.128. The third kappa shape index (κ3) is 5.71. The number of aromatic nitrogens is 1. The normalized spacial score (nSPS) is 10.2. The molecule has 0 fully saturated rings. The number of nitrogens with zero attached hydrogens (tertiary/aromatic N) is 1. The lowest BCUT2D eigenvalue weighted by atomic mass is 10.1. The van der Waals surface area contributed by atoms with Crippen molar-refractivity contribution in [2.24, 2.45) is 0 Å². The molecule has 1 aromatic heterocycles. The molecule has 0 bridgehead atoms. The van der Waals surface area contributed by atoms with E-state index >= 15 is 0 Å². The van der Waals surface area contributed by atoms with E-state index in [1.54, 1.807) is 0 Å². The van der Waals surface area contributed by atoms with E-state index < -0.39 is 5.91 Å². The molecule has 6 nitrogen and oxygen atoms in total. The molecular weight excluding hydrogens is 314 g/mol. The number of nitrogens with one attached hydrogen (secondary N) is 2. The highest BCUT2D eigenvalue weighted by atomic mass is 32.1. The largest absolute Gasteiger partial charge is 0.484 e. The van der Waals surface area contributed by atoms with Gasteiger partial charge in [-0.05, 0) is 44.0 Å². The average molecular weight is 333 g/mol. The van der Waals surface area contributed by atoms with Gasteiger partial charge in [-0.3, -0.25) is 20.4 Å². The minimum absolute atomic E-state index is 0.128. The molecule has 0 saturated carbocycles. The second-order valence-electron chi connectivity index (χ2n) is 5.24. The van der Waals surface area contributed by atoms with E-state index in [1.165, 1.54) is 11.3 Å². The van der Waals surface area contributed by atoms with Gasteiger partial charge in [-0.25, -0.2) is 4.98 Å². The summed E-state index contributed by atoms with van der Waals surface area (Å²) in [5.74, 6) is -0.121. The number of carbonyl (C=O) groups excluding carboxylic acids is 2. The maximum absolute atomic E-state index is 11.7. The van der Waals surface area contributed by atoms with Crippen molar-refractivity contribution in [3.63, 3.8) is 0 Å². The van der Waals surface area contributed by atoms with Crippen LogP contribution in [-0.2, 0) is 16.0 Å². The van der Waals surface area contributed by atoms with Crippen molar-refractivity contribution in [2.75, 3.05) is 6.61 Å². The number of carbonyl (C=O) groups is 2. The van der Waals surface area contributed by atoms with Crippen LogP contribution < -0.4 is 15.6 Å². The van der Waals surface area contributed by atoms with Crippen LogP contribution in [0.3, 0.4) is 0 Å². The van der Waals surface area contributed by atoms with E-state index in [0.29, 0.717) is 11.4 Å². The van der Waals surface area contributed by atoms with Gasteiger partial charge < -0.3 is 4.74 Å². The fourth-order valence-electron chi connectivity index (χ4n) is 2.04. The Labute approximate surface area is 138 Å². The van der Waals surface area contributed by atoms with Gasteiger partial charge in [0.1, 0.15) is 5.75 Å². The summed E-state index contributed by atoms with van der Waals surface area (Å²) in [5.41, 5.74) is 7.48. The van der Waals surface area contributed by atoms with E-state index in [2.05, 4.69) is 15.8 Å².